The van der Waals surface area contributed by atoms with E-state index in [-0.39, 0.29) is 5.69 Å². The number of rotatable bonds is 1. The van der Waals surface area contributed by atoms with E-state index in [4.69, 9.17) is 0 Å². The molecule has 0 bridgehead atoms. The first-order valence-corrected chi connectivity index (χ1v) is 4.57. The molecule has 1 N–H and O–H groups in total. The Labute approximate surface area is 95.0 Å². The van der Waals surface area contributed by atoms with Crippen LogP contribution in [0.3, 0.4) is 0 Å². The molecule has 0 spiro atoms. The molecule has 1 aromatic carbocycles. The Morgan fingerprint density at radius 2 is 1.88 bits per heavy atom. The van der Waals surface area contributed by atoms with Crippen molar-refractivity contribution in [1.29, 1.82) is 0 Å². The van der Waals surface area contributed by atoms with E-state index in [1.165, 1.54) is 14.1 Å². The molecule has 3 nitrogen and oxygen atoms in total. The number of carbonyl (C=O) groups excluding carboxylic acids is 1. The summed E-state index contributed by atoms with van der Waals surface area (Å²) in [6.45, 7) is 0. The molecule has 0 unspecified atom stereocenters. The van der Waals surface area contributed by atoms with Crippen molar-refractivity contribution in [2.75, 3.05) is 19.4 Å². The minimum absolute atomic E-state index is 0.113. The molecule has 2 amide bonds. The maximum atomic E-state index is 12.9. The van der Waals surface area contributed by atoms with E-state index < -0.39 is 23.6 Å². The molecule has 17 heavy (non-hydrogen) atoms. The van der Waals surface area contributed by atoms with E-state index in [9.17, 15) is 22.4 Å². The van der Waals surface area contributed by atoms with Crippen LogP contribution in [0.2, 0.25) is 0 Å². The number of halogens is 4. The van der Waals surface area contributed by atoms with Crippen LogP contribution in [0.1, 0.15) is 5.56 Å². The quantitative estimate of drug-likeness (QED) is 0.763. The monoisotopic (exact) mass is 250 g/mol. The predicted molar refractivity (Wildman–Crippen MR) is 54.1 cm³/mol. The number of alkyl halides is 3. The van der Waals surface area contributed by atoms with Gasteiger partial charge in [-0.1, -0.05) is 0 Å². The number of anilines is 1. The zero-order valence-corrected chi connectivity index (χ0v) is 9.10. The van der Waals surface area contributed by atoms with Gasteiger partial charge in [-0.25, -0.2) is 9.18 Å². The Kier molecular flexibility index (Phi) is 3.59. The fourth-order valence-corrected chi connectivity index (χ4v) is 1.06. The van der Waals surface area contributed by atoms with Gasteiger partial charge in [0, 0.05) is 19.8 Å². The molecule has 0 aliphatic carbocycles. The molecule has 0 radical (unpaired) electrons. The van der Waals surface area contributed by atoms with E-state index in [2.05, 4.69) is 5.32 Å². The van der Waals surface area contributed by atoms with Crippen LogP contribution in [0.15, 0.2) is 18.2 Å². The van der Waals surface area contributed by atoms with Crippen molar-refractivity contribution in [3.63, 3.8) is 0 Å². The average Bonchev–Trinajstić information content (AvgIpc) is 2.19. The standard InChI is InChI=1S/C10H10F4N2O/c1-16(2)9(17)15-6-3-4-8(11)7(5-6)10(12,13)14/h3-5H,1-2H3,(H,15,17). The van der Waals surface area contributed by atoms with Crippen LogP contribution in [0, 0.1) is 5.82 Å². The van der Waals surface area contributed by atoms with E-state index in [0.717, 1.165) is 11.0 Å². The number of nitrogens with zero attached hydrogens (tertiary/aromatic N) is 1. The first-order valence-electron chi connectivity index (χ1n) is 4.57. The zero-order chi connectivity index (χ0) is 13.2. The summed E-state index contributed by atoms with van der Waals surface area (Å²) < 4.78 is 50.0. The molecular formula is C10H10F4N2O. The fourth-order valence-electron chi connectivity index (χ4n) is 1.06. The third-order valence-electron chi connectivity index (χ3n) is 1.93. The van der Waals surface area contributed by atoms with Gasteiger partial charge in [-0.3, -0.25) is 0 Å². The second kappa shape index (κ2) is 4.60. The molecule has 0 aromatic heterocycles. The minimum Gasteiger partial charge on any atom is -0.331 e. The third kappa shape index (κ3) is 3.33. The van der Waals surface area contributed by atoms with Crippen LogP contribution in [0.5, 0.6) is 0 Å². The van der Waals surface area contributed by atoms with Crippen molar-refractivity contribution in [2.45, 2.75) is 6.18 Å². The number of nitrogens with one attached hydrogen (secondary N) is 1. The highest BCUT2D eigenvalue weighted by atomic mass is 19.4. The highest BCUT2D eigenvalue weighted by molar-refractivity contribution is 5.89. The highest BCUT2D eigenvalue weighted by Crippen LogP contribution is 2.32. The summed E-state index contributed by atoms with van der Waals surface area (Å²) in [6, 6.07) is 1.68. The SMILES string of the molecule is CN(C)C(=O)Nc1ccc(F)c(C(F)(F)F)c1. The normalized spacial score (nSPS) is 11.2. The average molecular weight is 250 g/mol. The van der Waals surface area contributed by atoms with Gasteiger partial charge in [0.2, 0.25) is 0 Å². The predicted octanol–water partition coefficient (Wildman–Crippen LogP) is 2.94. The summed E-state index contributed by atoms with van der Waals surface area (Å²) in [5.41, 5.74) is -1.52. The van der Waals surface area contributed by atoms with Gasteiger partial charge in [0.15, 0.2) is 0 Å². The van der Waals surface area contributed by atoms with Crippen LogP contribution < -0.4 is 5.32 Å². The van der Waals surface area contributed by atoms with E-state index in [1.54, 1.807) is 0 Å². The summed E-state index contributed by atoms with van der Waals surface area (Å²) in [6.07, 6.45) is -4.79. The molecule has 0 saturated carbocycles. The summed E-state index contributed by atoms with van der Waals surface area (Å²) in [7, 11) is 2.87. The summed E-state index contributed by atoms with van der Waals surface area (Å²) in [5.74, 6) is -1.37. The van der Waals surface area contributed by atoms with Crippen LogP contribution in [-0.2, 0) is 6.18 Å². The number of benzene rings is 1. The largest absolute Gasteiger partial charge is 0.419 e. The van der Waals surface area contributed by atoms with Crippen LogP contribution >= 0.6 is 0 Å². The minimum atomic E-state index is -4.79. The van der Waals surface area contributed by atoms with Gasteiger partial charge in [-0.05, 0) is 18.2 Å². The Hall–Kier alpha value is -1.79. The molecule has 0 atom stereocenters. The molecule has 7 heteroatoms. The van der Waals surface area contributed by atoms with Crippen molar-refractivity contribution in [3.8, 4) is 0 Å². The van der Waals surface area contributed by atoms with Crippen LogP contribution in [0.25, 0.3) is 0 Å². The fraction of sp³-hybridized carbons (Fsp3) is 0.300. The first-order chi connectivity index (χ1) is 7.71. The number of hydrogen-bond acceptors (Lipinski definition) is 1. The topological polar surface area (TPSA) is 32.3 Å². The number of carbonyl (C=O) groups is 1. The lowest BCUT2D eigenvalue weighted by Crippen LogP contribution is -2.27. The van der Waals surface area contributed by atoms with Crippen molar-refractivity contribution >= 4 is 11.7 Å². The summed E-state index contributed by atoms with van der Waals surface area (Å²) in [5, 5.41) is 2.20. The second-order valence-corrected chi connectivity index (χ2v) is 3.52. The number of urea groups is 1. The van der Waals surface area contributed by atoms with Gasteiger partial charge < -0.3 is 10.2 Å². The Morgan fingerprint density at radius 3 is 2.35 bits per heavy atom. The second-order valence-electron chi connectivity index (χ2n) is 3.52. The van der Waals surface area contributed by atoms with Crippen molar-refractivity contribution in [1.82, 2.24) is 4.90 Å². The Bertz CT molecular complexity index is 429. The van der Waals surface area contributed by atoms with Gasteiger partial charge in [0.25, 0.3) is 0 Å². The Morgan fingerprint density at radius 1 is 1.29 bits per heavy atom. The van der Waals surface area contributed by atoms with Crippen molar-refractivity contribution in [3.05, 3.63) is 29.6 Å². The molecule has 1 rings (SSSR count). The van der Waals surface area contributed by atoms with E-state index in [0.29, 0.717) is 12.1 Å². The van der Waals surface area contributed by atoms with Gasteiger partial charge in [-0.15, -0.1) is 0 Å². The molecule has 0 fully saturated rings. The van der Waals surface area contributed by atoms with Crippen LogP contribution in [-0.4, -0.2) is 25.0 Å². The zero-order valence-electron chi connectivity index (χ0n) is 9.10. The van der Waals surface area contributed by atoms with Gasteiger partial charge >= 0.3 is 12.2 Å². The summed E-state index contributed by atoms with van der Waals surface area (Å²) >= 11 is 0. The third-order valence-corrected chi connectivity index (χ3v) is 1.93. The van der Waals surface area contributed by atoms with Gasteiger partial charge in [0.05, 0.1) is 5.56 Å². The van der Waals surface area contributed by atoms with E-state index in [1.807, 2.05) is 0 Å². The van der Waals surface area contributed by atoms with Gasteiger partial charge in [0.1, 0.15) is 5.82 Å². The molecule has 1 aromatic rings. The maximum absolute atomic E-state index is 12.9. The lowest BCUT2D eigenvalue weighted by molar-refractivity contribution is -0.139. The molecule has 0 aliphatic rings. The molecule has 94 valence electrons. The van der Waals surface area contributed by atoms with Gasteiger partial charge in [-0.2, -0.15) is 13.2 Å². The lowest BCUT2D eigenvalue weighted by Gasteiger charge is -2.14. The molecular weight excluding hydrogens is 240 g/mol. The van der Waals surface area contributed by atoms with Crippen molar-refractivity contribution < 1.29 is 22.4 Å². The Balaban J connectivity index is 3.01. The first kappa shape index (κ1) is 13.3. The van der Waals surface area contributed by atoms with Crippen molar-refractivity contribution in [2.24, 2.45) is 0 Å². The summed E-state index contributed by atoms with van der Waals surface area (Å²) in [4.78, 5) is 12.3. The maximum Gasteiger partial charge on any atom is 0.419 e. The smallest absolute Gasteiger partial charge is 0.331 e. The molecule has 0 saturated heterocycles. The van der Waals surface area contributed by atoms with E-state index >= 15 is 0 Å². The molecule has 0 heterocycles. The number of amides is 2. The van der Waals surface area contributed by atoms with Crippen LogP contribution in [0.4, 0.5) is 28.0 Å². The molecule has 0 aliphatic heterocycles. The number of hydrogen-bond donors (Lipinski definition) is 1. The lowest BCUT2D eigenvalue weighted by atomic mass is 10.2. The highest BCUT2D eigenvalue weighted by Gasteiger charge is 2.34.